The largest absolute Gasteiger partial charge is 0.389 e. The molecule has 1 N–H and O–H groups in total. The molecule has 20 heavy (non-hydrogen) atoms. The van der Waals surface area contributed by atoms with Crippen LogP contribution in [-0.4, -0.2) is 22.6 Å². The predicted octanol–water partition coefficient (Wildman–Crippen LogP) is 3.52. The molecule has 5 nitrogen and oxygen atoms in total. The van der Waals surface area contributed by atoms with Crippen molar-refractivity contribution in [1.82, 2.24) is 0 Å². The Labute approximate surface area is 120 Å². The minimum Gasteiger partial charge on any atom is -0.389 e. The highest BCUT2D eigenvalue weighted by Gasteiger charge is 2.23. The zero-order valence-electron chi connectivity index (χ0n) is 12.8. The maximum atomic E-state index is 11.3. The number of aliphatic hydroxyl groups excluding tert-OH is 1. The van der Waals surface area contributed by atoms with E-state index in [1.807, 2.05) is 18.7 Å². The van der Waals surface area contributed by atoms with Crippen molar-refractivity contribution in [3.8, 4) is 0 Å². The summed E-state index contributed by atoms with van der Waals surface area (Å²) in [4.78, 5) is 13.0. The zero-order valence-corrected chi connectivity index (χ0v) is 12.8. The first kappa shape index (κ1) is 16.4. The highest BCUT2D eigenvalue weighted by Crippen LogP contribution is 2.32. The van der Waals surface area contributed by atoms with Gasteiger partial charge in [0.05, 0.1) is 11.0 Å². The lowest BCUT2D eigenvalue weighted by Crippen LogP contribution is -2.34. The molecule has 112 valence electrons. The van der Waals surface area contributed by atoms with Crippen molar-refractivity contribution in [2.24, 2.45) is 5.92 Å². The molecule has 0 heterocycles. The second kappa shape index (κ2) is 6.70. The molecular weight excluding hydrogens is 256 g/mol. The number of rotatable bonds is 6. The summed E-state index contributed by atoms with van der Waals surface area (Å²) in [5, 5.41) is 20.9. The van der Waals surface area contributed by atoms with Crippen LogP contribution in [-0.2, 0) is 0 Å². The first-order chi connectivity index (χ1) is 9.23. The van der Waals surface area contributed by atoms with Crippen LogP contribution in [0.1, 0.15) is 46.3 Å². The van der Waals surface area contributed by atoms with Crippen molar-refractivity contribution in [3.63, 3.8) is 0 Å². The Bertz CT molecular complexity index is 470. The van der Waals surface area contributed by atoms with Gasteiger partial charge in [-0.15, -0.1) is 0 Å². The van der Waals surface area contributed by atoms with Crippen molar-refractivity contribution in [2.75, 3.05) is 11.4 Å². The van der Waals surface area contributed by atoms with E-state index in [1.54, 1.807) is 19.1 Å². The molecule has 1 rings (SSSR count). The van der Waals surface area contributed by atoms with Crippen molar-refractivity contribution in [1.29, 1.82) is 0 Å². The van der Waals surface area contributed by atoms with Gasteiger partial charge in [-0.3, -0.25) is 10.1 Å². The molecule has 0 spiro atoms. The Morgan fingerprint density at radius 1 is 1.25 bits per heavy atom. The molecule has 1 atom stereocenters. The summed E-state index contributed by atoms with van der Waals surface area (Å²) < 4.78 is 0. The minimum atomic E-state index is -0.708. The molecule has 1 aromatic rings. The van der Waals surface area contributed by atoms with Crippen LogP contribution in [0.3, 0.4) is 0 Å². The van der Waals surface area contributed by atoms with E-state index in [4.69, 9.17) is 0 Å². The van der Waals surface area contributed by atoms with E-state index in [0.29, 0.717) is 17.2 Å². The number of hydrogen-bond acceptors (Lipinski definition) is 4. The lowest BCUT2D eigenvalue weighted by Gasteiger charge is -2.30. The third kappa shape index (κ3) is 3.93. The summed E-state index contributed by atoms with van der Waals surface area (Å²) in [5.41, 5.74) is 1.23. The monoisotopic (exact) mass is 280 g/mol. The van der Waals surface area contributed by atoms with Crippen molar-refractivity contribution in [3.05, 3.63) is 33.9 Å². The van der Waals surface area contributed by atoms with Gasteiger partial charge in [0.1, 0.15) is 5.69 Å². The van der Waals surface area contributed by atoms with Gasteiger partial charge in [0.2, 0.25) is 0 Å². The van der Waals surface area contributed by atoms with Crippen LogP contribution < -0.4 is 4.90 Å². The summed E-state index contributed by atoms with van der Waals surface area (Å²) in [6, 6.07) is 5.13. The van der Waals surface area contributed by atoms with E-state index in [1.165, 1.54) is 6.07 Å². The summed E-state index contributed by atoms with van der Waals surface area (Å²) >= 11 is 0. The van der Waals surface area contributed by atoms with Gasteiger partial charge in [-0.2, -0.15) is 0 Å². The van der Waals surface area contributed by atoms with Crippen LogP contribution in [0.15, 0.2) is 18.2 Å². The van der Waals surface area contributed by atoms with Gasteiger partial charge in [0.25, 0.3) is 5.69 Å². The number of nitrogens with zero attached hydrogens (tertiary/aromatic N) is 2. The van der Waals surface area contributed by atoms with Crippen LogP contribution >= 0.6 is 0 Å². The fourth-order valence-electron chi connectivity index (χ4n) is 2.17. The van der Waals surface area contributed by atoms with Gasteiger partial charge in [0.15, 0.2) is 0 Å². The average Bonchev–Trinajstić information content (AvgIpc) is 2.34. The molecule has 0 saturated heterocycles. The summed E-state index contributed by atoms with van der Waals surface area (Å²) in [6.07, 6.45) is -0.708. The summed E-state index contributed by atoms with van der Waals surface area (Å²) in [7, 11) is 0. The molecule has 0 aliphatic carbocycles. The molecule has 0 aromatic heterocycles. The molecule has 0 aliphatic heterocycles. The molecule has 0 aliphatic rings. The van der Waals surface area contributed by atoms with E-state index in [-0.39, 0.29) is 16.7 Å². The maximum Gasteiger partial charge on any atom is 0.292 e. The average molecular weight is 280 g/mol. The zero-order chi connectivity index (χ0) is 15.4. The molecule has 1 aromatic carbocycles. The Morgan fingerprint density at radius 2 is 1.85 bits per heavy atom. The molecule has 0 radical (unpaired) electrons. The number of benzene rings is 1. The van der Waals surface area contributed by atoms with Gasteiger partial charge in [0, 0.05) is 18.7 Å². The van der Waals surface area contributed by atoms with E-state index in [0.717, 1.165) is 6.54 Å². The van der Waals surface area contributed by atoms with Crippen molar-refractivity contribution >= 4 is 11.4 Å². The van der Waals surface area contributed by atoms with E-state index in [9.17, 15) is 15.2 Å². The standard InChI is InChI=1S/C15H24N2O3/c1-10(2)9-16(11(3)4)14-7-6-13(12(5)18)8-15(14)17(19)20/h6-8,10-12,18H,9H2,1-5H3/t12-/m0/s1. The first-order valence-corrected chi connectivity index (χ1v) is 6.97. The fraction of sp³-hybridized carbons (Fsp3) is 0.600. The fourth-order valence-corrected chi connectivity index (χ4v) is 2.17. The Balaban J connectivity index is 3.30. The number of nitro groups is 1. The Morgan fingerprint density at radius 3 is 2.25 bits per heavy atom. The van der Waals surface area contributed by atoms with Crippen LogP contribution in [0.2, 0.25) is 0 Å². The molecular formula is C15H24N2O3. The highest BCUT2D eigenvalue weighted by atomic mass is 16.6. The van der Waals surface area contributed by atoms with Crippen molar-refractivity contribution < 1.29 is 10.0 Å². The SMILES string of the molecule is CC(C)CN(c1ccc([C@H](C)O)cc1[N+](=O)[O-])C(C)C. The van der Waals surface area contributed by atoms with Crippen LogP contribution in [0.25, 0.3) is 0 Å². The third-order valence-electron chi connectivity index (χ3n) is 3.17. The minimum absolute atomic E-state index is 0.0535. The van der Waals surface area contributed by atoms with E-state index in [2.05, 4.69) is 13.8 Å². The Kier molecular flexibility index (Phi) is 5.51. The van der Waals surface area contributed by atoms with Gasteiger partial charge in [-0.25, -0.2) is 0 Å². The number of aliphatic hydroxyl groups is 1. The van der Waals surface area contributed by atoms with E-state index < -0.39 is 6.10 Å². The van der Waals surface area contributed by atoms with Gasteiger partial charge >= 0.3 is 0 Å². The molecule has 0 saturated carbocycles. The predicted molar refractivity (Wildman–Crippen MR) is 81.1 cm³/mol. The van der Waals surface area contributed by atoms with Gasteiger partial charge in [-0.05, 0) is 38.3 Å². The lowest BCUT2D eigenvalue weighted by molar-refractivity contribution is -0.384. The smallest absolute Gasteiger partial charge is 0.292 e. The topological polar surface area (TPSA) is 66.6 Å². The van der Waals surface area contributed by atoms with Crippen LogP contribution in [0, 0.1) is 16.0 Å². The van der Waals surface area contributed by atoms with Gasteiger partial charge in [-0.1, -0.05) is 19.9 Å². The molecule has 0 fully saturated rings. The second-order valence-corrected chi connectivity index (χ2v) is 5.82. The lowest BCUT2D eigenvalue weighted by atomic mass is 10.1. The highest BCUT2D eigenvalue weighted by molar-refractivity contribution is 5.65. The number of nitro benzene ring substituents is 1. The second-order valence-electron chi connectivity index (χ2n) is 5.82. The molecule has 5 heteroatoms. The van der Waals surface area contributed by atoms with Crippen LogP contribution in [0.5, 0.6) is 0 Å². The summed E-state index contributed by atoms with van der Waals surface area (Å²) in [5.74, 6) is 0.411. The number of hydrogen-bond donors (Lipinski definition) is 1. The molecule has 0 unspecified atom stereocenters. The van der Waals surface area contributed by atoms with E-state index >= 15 is 0 Å². The first-order valence-electron chi connectivity index (χ1n) is 6.97. The quantitative estimate of drug-likeness (QED) is 0.639. The molecule has 0 amide bonds. The van der Waals surface area contributed by atoms with Gasteiger partial charge < -0.3 is 10.0 Å². The summed E-state index contributed by atoms with van der Waals surface area (Å²) in [6.45, 7) is 10.6. The third-order valence-corrected chi connectivity index (χ3v) is 3.17. The Hall–Kier alpha value is -1.62. The number of anilines is 1. The maximum absolute atomic E-state index is 11.3. The van der Waals surface area contributed by atoms with Crippen LogP contribution in [0.4, 0.5) is 11.4 Å². The normalized spacial score (nSPS) is 12.8. The molecule has 0 bridgehead atoms. The van der Waals surface area contributed by atoms with Crippen molar-refractivity contribution in [2.45, 2.75) is 46.8 Å².